The molecule has 5 nitrogen and oxygen atoms in total. The van der Waals surface area contributed by atoms with Crippen LogP contribution in [0.3, 0.4) is 0 Å². The minimum Gasteiger partial charge on any atom is -0.333 e. The molecule has 0 fully saturated rings. The molecular weight excluding hydrogens is 270 g/mol. The molecule has 20 heavy (non-hydrogen) atoms. The Bertz CT molecular complexity index is 475. The van der Waals surface area contributed by atoms with Crippen LogP contribution in [0, 0.1) is 0 Å². The zero-order valence-electron chi connectivity index (χ0n) is 12.5. The standard InChI is InChI=1S/C14H23N5S/c1-4-7-11-13(20-18-17-11)12(15-6-3)14-16-8-10-19(14)9-5-2/h8,10,12,15H,4-7,9H2,1-3H3. The lowest BCUT2D eigenvalue weighted by Crippen LogP contribution is -2.25. The van der Waals surface area contributed by atoms with Crippen molar-refractivity contribution < 1.29 is 0 Å². The van der Waals surface area contributed by atoms with Crippen molar-refractivity contribution in [2.24, 2.45) is 0 Å². The van der Waals surface area contributed by atoms with Gasteiger partial charge in [-0.15, -0.1) is 5.10 Å². The SMILES string of the molecule is CCCc1nnsc1C(NCC)c1nccn1CCC. The molecule has 0 aromatic carbocycles. The molecule has 110 valence electrons. The lowest BCUT2D eigenvalue weighted by molar-refractivity contribution is 0.545. The van der Waals surface area contributed by atoms with E-state index in [1.54, 1.807) is 0 Å². The number of nitrogens with zero attached hydrogens (tertiary/aromatic N) is 4. The van der Waals surface area contributed by atoms with Crippen LogP contribution in [-0.2, 0) is 13.0 Å². The highest BCUT2D eigenvalue weighted by molar-refractivity contribution is 7.05. The van der Waals surface area contributed by atoms with Crippen molar-refractivity contribution >= 4 is 11.5 Å². The number of imidazole rings is 1. The van der Waals surface area contributed by atoms with Gasteiger partial charge in [-0.25, -0.2) is 4.98 Å². The van der Waals surface area contributed by atoms with E-state index < -0.39 is 0 Å². The van der Waals surface area contributed by atoms with Gasteiger partial charge in [0.2, 0.25) is 0 Å². The Hall–Kier alpha value is -1.27. The quantitative estimate of drug-likeness (QED) is 0.813. The summed E-state index contributed by atoms with van der Waals surface area (Å²) in [6.45, 7) is 8.36. The summed E-state index contributed by atoms with van der Waals surface area (Å²) < 4.78 is 6.37. The second-order valence-corrected chi connectivity index (χ2v) is 5.59. The summed E-state index contributed by atoms with van der Waals surface area (Å²) in [6.07, 6.45) is 7.09. The molecule has 0 saturated carbocycles. The van der Waals surface area contributed by atoms with Crippen molar-refractivity contribution in [1.29, 1.82) is 0 Å². The highest BCUT2D eigenvalue weighted by Crippen LogP contribution is 2.27. The lowest BCUT2D eigenvalue weighted by Gasteiger charge is -2.18. The molecule has 0 amide bonds. The van der Waals surface area contributed by atoms with Gasteiger partial charge in [0.15, 0.2) is 0 Å². The van der Waals surface area contributed by atoms with Gasteiger partial charge in [0.25, 0.3) is 0 Å². The van der Waals surface area contributed by atoms with Gasteiger partial charge in [0.05, 0.1) is 10.6 Å². The van der Waals surface area contributed by atoms with Gasteiger partial charge in [0.1, 0.15) is 11.9 Å². The summed E-state index contributed by atoms with van der Waals surface area (Å²) in [5.41, 5.74) is 1.11. The number of aromatic nitrogens is 4. The van der Waals surface area contributed by atoms with Crippen molar-refractivity contribution in [3.63, 3.8) is 0 Å². The molecule has 6 heteroatoms. The zero-order chi connectivity index (χ0) is 14.4. The van der Waals surface area contributed by atoms with E-state index in [9.17, 15) is 0 Å². The van der Waals surface area contributed by atoms with E-state index >= 15 is 0 Å². The van der Waals surface area contributed by atoms with E-state index in [0.29, 0.717) is 0 Å². The van der Waals surface area contributed by atoms with Crippen molar-refractivity contribution in [1.82, 2.24) is 24.5 Å². The first-order chi connectivity index (χ1) is 9.81. The van der Waals surface area contributed by atoms with Crippen molar-refractivity contribution in [2.45, 2.75) is 52.6 Å². The Balaban J connectivity index is 2.34. The average molecular weight is 293 g/mol. The van der Waals surface area contributed by atoms with Crippen LogP contribution in [0.1, 0.15) is 56.1 Å². The molecule has 1 atom stereocenters. The highest BCUT2D eigenvalue weighted by atomic mass is 32.1. The normalized spacial score (nSPS) is 12.8. The fourth-order valence-corrected chi connectivity index (χ4v) is 3.13. The Morgan fingerprint density at radius 2 is 2.15 bits per heavy atom. The average Bonchev–Trinajstić information content (AvgIpc) is 3.07. The zero-order valence-corrected chi connectivity index (χ0v) is 13.3. The van der Waals surface area contributed by atoms with E-state index in [2.05, 4.69) is 51.4 Å². The number of aryl methyl sites for hydroxylation is 2. The summed E-state index contributed by atoms with van der Waals surface area (Å²) >= 11 is 1.49. The van der Waals surface area contributed by atoms with E-state index in [-0.39, 0.29) is 6.04 Å². The summed E-state index contributed by atoms with van der Waals surface area (Å²) in [6, 6.07) is 0.100. The molecule has 2 heterocycles. The van der Waals surface area contributed by atoms with Crippen LogP contribution < -0.4 is 5.32 Å². The van der Waals surface area contributed by atoms with Crippen LogP contribution in [0.5, 0.6) is 0 Å². The maximum atomic E-state index is 4.56. The predicted octanol–water partition coefficient (Wildman–Crippen LogP) is 2.80. The first-order valence-corrected chi connectivity index (χ1v) is 8.14. The van der Waals surface area contributed by atoms with Gasteiger partial charge in [-0.2, -0.15) is 0 Å². The van der Waals surface area contributed by atoms with E-state index in [1.165, 1.54) is 16.4 Å². The van der Waals surface area contributed by atoms with Crippen LogP contribution in [0.15, 0.2) is 12.4 Å². The molecular formula is C14H23N5S. The molecule has 2 rings (SSSR count). The minimum atomic E-state index is 0.100. The summed E-state index contributed by atoms with van der Waals surface area (Å²) in [5, 5.41) is 7.82. The van der Waals surface area contributed by atoms with Crippen LogP contribution in [0.4, 0.5) is 0 Å². The molecule has 0 aliphatic heterocycles. The fraction of sp³-hybridized carbons (Fsp3) is 0.643. The molecule has 0 spiro atoms. The van der Waals surface area contributed by atoms with Crippen molar-refractivity contribution in [3.8, 4) is 0 Å². The first kappa shape index (κ1) is 15.1. The topological polar surface area (TPSA) is 55.6 Å². The second kappa shape index (κ2) is 7.50. The van der Waals surface area contributed by atoms with Gasteiger partial charge >= 0.3 is 0 Å². The van der Waals surface area contributed by atoms with Crippen molar-refractivity contribution in [2.75, 3.05) is 6.54 Å². The van der Waals surface area contributed by atoms with Gasteiger partial charge in [-0.05, 0) is 30.9 Å². The molecule has 0 saturated heterocycles. The Morgan fingerprint density at radius 3 is 2.85 bits per heavy atom. The van der Waals surface area contributed by atoms with Gasteiger partial charge in [-0.1, -0.05) is 31.7 Å². The van der Waals surface area contributed by atoms with Crippen LogP contribution in [-0.4, -0.2) is 25.7 Å². The maximum Gasteiger partial charge on any atom is 0.131 e. The molecule has 1 unspecified atom stereocenters. The third kappa shape index (κ3) is 3.24. The third-order valence-electron chi connectivity index (χ3n) is 3.21. The smallest absolute Gasteiger partial charge is 0.131 e. The molecule has 0 bridgehead atoms. The monoisotopic (exact) mass is 293 g/mol. The van der Waals surface area contributed by atoms with Gasteiger partial charge in [0, 0.05) is 18.9 Å². The summed E-state index contributed by atoms with van der Waals surface area (Å²) in [4.78, 5) is 5.77. The number of rotatable bonds is 8. The number of nitrogens with one attached hydrogen (secondary N) is 1. The Kier molecular flexibility index (Phi) is 5.67. The third-order valence-corrected chi connectivity index (χ3v) is 4.04. The van der Waals surface area contributed by atoms with E-state index in [4.69, 9.17) is 0 Å². The number of hydrogen-bond donors (Lipinski definition) is 1. The molecule has 0 aliphatic carbocycles. The van der Waals surface area contributed by atoms with Crippen LogP contribution in [0.25, 0.3) is 0 Å². The number of hydrogen-bond acceptors (Lipinski definition) is 5. The minimum absolute atomic E-state index is 0.100. The Morgan fingerprint density at radius 1 is 1.30 bits per heavy atom. The van der Waals surface area contributed by atoms with Crippen LogP contribution in [0.2, 0.25) is 0 Å². The largest absolute Gasteiger partial charge is 0.333 e. The summed E-state index contributed by atoms with van der Waals surface area (Å²) in [7, 11) is 0. The molecule has 0 aliphatic rings. The highest BCUT2D eigenvalue weighted by Gasteiger charge is 2.23. The molecule has 0 radical (unpaired) electrons. The second-order valence-electron chi connectivity index (χ2n) is 4.80. The van der Waals surface area contributed by atoms with Gasteiger partial charge in [-0.3, -0.25) is 0 Å². The molecule has 1 N–H and O–H groups in total. The predicted molar refractivity (Wildman–Crippen MR) is 81.9 cm³/mol. The van der Waals surface area contributed by atoms with Crippen LogP contribution >= 0.6 is 11.5 Å². The van der Waals surface area contributed by atoms with E-state index in [0.717, 1.165) is 43.9 Å². The van der Waals surface area contributed by atoms with E-state index in [1.807, 2.05) is 6.20 Å². The first-order valence-electron chi connectivity index (χ1n) is 7.37. The summed E-state index contributed by atoms with van der Waals surface area (Å²) in [5.74, 6) is 1.07. The van der Waals surface area contributed by atoms with Gasteiger partial charge < -0.3 is 9.88 Å². The molecule has 2 aromatic heterocycles. The van der Waals surface area contributed by atoms with Crippen molar-refractivity contribution in [3.05, 3.63) is 28.8 Å². The maximum absolute atomic E-state index is 4.56. The Labute approximate surface area is 124 Å². The lowest BCUT2D eigenvalue weighted by atomic mass is 10.1. The fourth-order valence-electron chi connectivity index (χ4n) is 2.36. The molecule has 2 aromatic rings.